The molecule has 0 saturated carbocycles. The first-order valence-corrected chi connectivity index (χ1v) is 8.89. The zero-order valence-corrected chi connectivity index (χ0v) is 13.8. The third-order valence-corrected chi connectivity index (χ3v) is 5.88. The summed E-state index contributed by atoms with van der Waals surface area (Å²) in [5.74, 6) is 0. The number of halogens is 1. The van der Waals surface area contributed by atoms with E-state index in [-0.39, 0.29) is 5.25 Å². The van der Waals surface area contributed by atoms with Crippen molar-refractivity contribution in [2.24, 2.45) is 4.99 Å². The molecule has 3 rings (SSSR count). The second-order valence-corrected chi connectivity index (χ2v) is 7.26. The van der Waals surface area contributed by atoms with Crippen molar-refractivity contribution >= 4 is 28.5 Å². The molecule has 0 aliphatic carbocycles. The molecule has 0 bridgehead atoms. The number of thioether (sulfide) groups is 1. The summed E-state index contributed by atoms with van der Waals surface area (Å²) in [6.07, 6.45) is 4.26. The van der Waals surface area contributed by atoms with Crippen molar-refractivity contribution in [1.29, 1.82) is 0 Å². The van der Waals surface area contributed by atoms with Gasteiger partial charge in [0, 0.05) is 23.7 Å². The molecule has 2 atom stereocenters. The van der Waals surface area contributed by atoms with E-state index < -0.39 is 5.72 Å². The minimum Gasteiger partial charge on any atom is -0.366 e. The molecule has 1 aromatic carbocycles. The van der Waals surface area contributed by atoms with Gasteiger partial charge in [0.1, 0.15) is 0 Å². The van der Waals surface area contributed by atoms with Crippen LogP contribution in [0.15, 0.2) is 29.3 Å². The lowest BCUT2D eigenvalue weighted by Crippen LogP contribution is -2.50. The van der Waals surface area contributed by atoms with Gasteiger partial charge < -0.3 is 10.0 Å². The highest BCUT2D eigenvalue weighted by atomic mass is 35.5. The zero-order valence-electron chi connectivity index (χ0n) is 12.3. The fraction of sp³-hybridized carbons (Fsp3) is 0.562. The van der Waals surface area contributed by atoms with Crippen LogP contribution in [0.3, 0.4) is 0 Å². The molecule has 1 N–H and O–H groups in total. The van der Waals surface area contributed by atoms with E-state index in [1.165, 1.54) is 0 Å². The molecule has 2 heterocycles. The van der Waals surface area contributed by atoms with Gasteiger partial charge in [-0.25, -0.2) is 0 Å². The summed E-state index contributed by atoms with van der Waals surface area (Å²) in [5, 5.41) is 13.4. The van der Waals surface area contributed by atoms with E-state index in [0.29, 0.717) is 5.02 Å². The Balaban J connectivity index is 1.98. The third-order valence-electron chi connectivity index (χ3n) is 4.21. The van der Waals surface area contributed by atoms with Gasteiger partial charge in [-0.2, -0.15) is 0 Å². The molecule has 3 nitrogen and oxygen atoms in total. The molecular weight excluding hydrogens is 304 g/mol. The average molecular weight is 325 g/mol. The van der Waals surface area contributed by atoms with Crippen LogP contribution in [0.1, 0.15) is 38.2 Å². The minimum absolute atomic E-state index is 0.135. The number of hydrogen-bond donors (Lipinski definition) is 1. The van der Waals surface area contributed by atoms with Crippen molar-refractivity contribution in [3.8, 4) is 0 Å². The SMILES string of the molecule is CCCCC1SC2=NCCCN2C1(O)c1ccc(Cl)cc1. The van der Waals surface area contributed by atoms with Crippen molar-refractivity contribution in [3.05, 3.63) is 34.9 Å². The fourth-order valence-corrected chi connectivity index (χ4v) is 4.69. The second-order valence-electron chi connectivity index (χ2n) is 5.65. The maximum absolute atomic E-state index is 11.5. The number of benzene rings is 1. The van der Waals surface area contributed by atoms with Gasteiger partial charge in [0.15, 0.2) is 10.9 Å². The average Bonchev–Trinajstić information content (AvgIpc) is 2.80. The van der Waals surface area contributed by atoms with E-state index in [0.717, 1.165) is 49.5 Å². The first kappa shape index (κ1) is 15.2. The number of unbranched alkanes of at least 4 members (excludes halogenated alkanes) is 1. The Hall–Kier alpha value is -0.710. The van der Waals surface area contributed by atoms with Gasteiger partial charge in [-0.05, 0) is 25.0 Å². The molecule has 2 aliphatic rings. The van der Waals surface area contributed by atoms with E-state index in [1.807, 2.05) is 24.3 Å². The molecule has 2 unspecified atom stereocenters. The minimum atomic E-state index is -0.955. The molecule has 0 amide bonds. The number of aliphatic imine (C=N–C) groups is 1. The van der Waals surface area contributed by atoms with Crippen LogP contribution in [0.2, 0.25) is 5.02 Å². The smallest absolute Gasteiger partial charge is 0.178 e. The third kappa shape index (κ3) is 2.69. The summed E-state index contributed by atoms with van der Waals surface area (Å²) < 4.78 is 0. The van der Waals surface area contributed by atoms with Crippen molar-refractivity contribution in [3.63, 3.8) is 0 Å². The van der Waals surface area contributed by atoms with Gasteiger partial charge in [0.05, 0.1) is 5.25 Å². The largest absolute Gasteiger partial charge is 0.366 e. The fourth-order valence-electron chi connectivity index (χ4n) is 3.07. The quantitative estimate of drug-likeness (QED) is 0.913. The van der Waals surface area contributed by atoms with Gasteiger partial charge >= 0.3 is 0 Å². The Morgan fingerprint density at radius 3 is 2.90 bits per heavy atom. The topological polar surface area (TPSA) is 35.8 Å². The molecule has 1 saturated heterocycles. The van der Waals surface area contributed by atoms with E-state index in [9.17, 15) is 5.11 Å². The number of hydrogen-bond acceptors (Lipinski definition) is 4. The lowest BCUT2D eigenvalue weighted by atomic mass is 9.94. The Labute approximate surface area is 135 Å². The Kier molecular flexibility index (Phi) is 4.48. The van der Waals surface area contributed by atoms with Crippen molar-refractivity contribution in [2.45, 2.75) is 43.6 Å². The molecule has 1 aromatic rings. The maximum atomic E-state index is 11.5. The molecule has 2 aliphatic heterocycles. The summed E-state index contributed by atoms with van der Waals surface area (Å²) in [6.45, 7) is 3.93. The van der Waals surface area contributed by atoms with E-state index in [4.69, 9.17) is 11.6 Å². The normalized spacial score (nSPS) is 28.4. The van der Waals surface area contributed by atoms with Crippen LogP contribution in [-0.2, 0) is 5.72 Å². The first-order valence-electron chi connectivity index (χ1n) is 7.63. The van der Waals surface area contributed by atoms with Crippen molar-refractivity contribution in [2.75, 3.05) is 13.1 Å². The number of aliphatic hydroxyl groups is 1. The van der Waals surface area contributed by atoms with Crippen LogP contribution in [0.5, 0.6) is 0 Å². The van der Waals surface area contributed by atoms with Crippen LogP contribution in [0.25, 0.3) is 0 Å². The monoisotopic (exact) mass is 324 g/mol. The molecule has 0 aromatic heterocycles. The summed E-state index contributed by atoms with van der Waals surface area (Å²) in [5.41, 5.74) is -0.0310. The summed E-state index contributed by atoms with van der Waals surface area (Å²) in [6, 6.07) is 7.60. The summed E-state index contributed by atoms with van der Waals surface area (Å²) >= 11 is 7.73. The number of amidine groups is 1. The van der Waals surface area contributed by atoms with E-state index in [1.54, 1.807) is 11.8 Å². The number of rotatable bonds is 4. The Morgan fingerprint density at radius 2 is 2.19 bits per heavy atom. The highest BCUT2D eigenvalue weighted by Crippen LogP contribution is 2.48. The molecule has 1 fully saturated rings. The van der Waals surface area contributed by atoms with Gasteiger partial charge in [-0.15, -0.1) is 0 Å². The Morgan fingerprint density at radius 1 is 1.43 bits per heavy atom. The molecule has 21 heavy (non-hydrogen) atoms. The number of fused-ring (bicyclic) bond motifs is 1. The summed E-state index contributed by atoms with van der Waals surface area (Å²) in [4.78, 5) is 6.70. The van der Waals surface area contributed by atoms with Crippen molar-refractivity contribution < 1.29 is 5.11 Å². The lowest BCUT2D eigenvalue weighted by Gasteiger charge is -2.39. The first-order chi connectivity index (χ1) is 10.2. The van der Waals surface area contributed by atoms with Crippen LogP contribution >= 0.6 is 23.4 Å². The molecule has 5 heteroatoms. The van der Waals surface area contributed by atoms with Crippen LogP contribution in [0, 0.1) is 0 Å². The van der Waals surface area contributed by atoms with Crippen LogP contribution in [0.4, 0.5) is 0 Å². The van der Waals surface area contributed by atoms with Crippen LogP contribution < -0.4 is 0 Å². The van der Waals surface area contributed by atoms with Gasteiger partial charge in [0.2, 0.25) is 0 Å². The second kappa shape index (κ2) is 6.19. The highest BCUT2D eigenvalue weighted by molar-refractivity contribution is 8.14. The zero-order chi connectivity index (χ0) is 14.9. The maximum Gasteiger partial charge on any atom is 0.178 e. The molecular formula is C16H21ClN2OS. The standard InChI is InChI=1S/C16H21ClN2OS/c1-2-3-5-14-16(20,12-6-8-13(17)9-7-12)19-11-4-10-18-15(19)21-14/h6-9,14,20H,2-5,10-11H2,1H3. The number of nitrogens with zero attached hydrogens (tertiary/aromatic N) is 2. The van der Waals surface area contributed by atoms with E-state index in [2.05, 4.69) is 16.8 Å². The predicted octanol–water partition coefficient (Wildman–Crippen LogP) is 3.85. The Bertz CT molecular complexity index is 534. The highest BCUT2D eigenvalue weighted by Gasteiger charge is 2.52. The van der Waals surface area contributed by atoms with Gasteiger partial charge in [-0.1, -0.05) is 55.3 Å². The summed E-state index contributed by atoms with van der Waals surface area (Å²) in [7, 11) is 0. The molecule has 0 spiro atoms. The predicted molar refractivity (Wildman–Crippen MR) is 89.9 cm³/mol. The van der Waals surface area contributed by atoms with Gasteiger partial charge in [-0.3, -0.25) is 4.99 Å². The van der Waals surface area contributed by atoms with Gasteiger partial charge in [0.25, 0.3) is 0 Å². The van der Waals surface area contributed by atoms with Crippen molar-refractivity contribution in [1.82, 2.24) is 4.90 Å². The molecule has 0 radical (unpaired) electrons. The van der Waals surface area contributed by atoms with E-state index >= 15 is 0 Å². The lowest BCUT2D eigenvalue weighted by molar-refractivity contribution is -0.0738. The molecule has 114 valence electrons. The van der Waals surface area contributed by atoms with Crippen LogP contribution in [-0.4, -0.2) is 33.5 Å².